The average molecular weight is 416 g/mol. The third-order valence-corrected chi connectivity index (χ3v) is 6.23. The van der Waals surface area contributed by atoms with Crippen molar-refractivity contribution in [2.45, 2.75) is 45.1 Å². The van der Waals surface area contributed by atoms with Gasteiger partial charge in [0.15, 0.2) is 0 Å². The number of hydrogen-bond acceptors (Lipinski definition) is 3. The normalized spacial score (nSPS) is 18.6. The van der Waals surface area contributed by atoms with Crippen LogP contribution < -0.4 is 0 Å². The van der Waals surface area contributed by atoms with Crippen molar-refractivity contribution < 1.29 is 9.84 Å². The number of hydrogen-bond donors (Lipinski definition) is 1. The van der Waals surface area contributed by atoms with Crippen LogP contribution >= 0.6 is 11.6 Å². The van der Waals surface area contributed by atoms with Gasteiger partial charge < -0.3 is 9.84 Å². The zero-order valence-corrected chi connectivity index (χ0v) is 18.7. The lowest BCUT2D eigenvalue weighted by Gasteiger charge is -2.42. The van der Waals surface area contributed by atoms with Crippen LogP contribution in [0.4, 0.5) is 0 Å². The van der Waals surface area contributed by atoms with Crippen molar-refractivity contribution >= 4 is 11.6 Å². The van der Waals surface area contributed by atoms with Gasteiger partial charge in [0, 0.05) is 30.6 Å². The molecule has 1 N–H and O–H groups in total. The zero-order chi connectivity index (χ0) is 20.9. The molecule has 1 aliphatic heterocycles. The minimum atomic E-state index is -0.952. The van der Waals surface area contributed by atoms with Gasteiger partial charge >= 0.3 is 0 Å². The Kier molecular flexibility index (Phi) is 7.75. The predicted octanol–water partition coefficient (Wildman–Crippen LogP) is 5.25. The second-order valence-electron chi connectivity index (χ2n) is 8.59. The number of aliphatic hydroxyl groups is 1. The van der Waals surface area contributed by atoms with E-state index in [1.165, 1.54) is 5.56 Å². The molecule has 3 nitrogen and oxygen atoms in total. The van der Waals surface area contributed by atoms with Crippen LogP contribution in [0.2, 0.25) is 5.02 Å². The van der Waals surface area contributed by atoms with Crippen LogP contribution in [0.25, 0.3) is 0 Å². The van der Waals surface area contributed by atoms with Crippen LogP contribution in [0.3, 0.4) is 0 Å². The molecule has 0 spiro atoms. The minimum Gasteiger partial charge on any atom is -0.384 e. The summed E-state index contributed by atoms with van der Waals surface area (Å²) in [4.78, 5) is 2.41. The molecule has 0 aromatic heterocycles. The molecule has 3 rings (SSSR count). The molecule has 0 amide bonds. The molecule has 4 heteroatoms. The molecule has 2 aromatic rings. The van der Waals surface area contributed by atoms with Crippen molar-refractivity contribution in [1.29, 1.82) is 0 Å². The van der Waals surface area contributed by atoms with Gasteiger partial charge in [0.05, 0.1) is 18.8 Å². The number of benzene rings is 2. The summed E-state index contributed by atoms with van der Waals surface area (Å²) in [7, 11) is 0. The first-order valence-corrected chi connectivity index (χ1v) is 11.2. The molecule has 0 saturated carbocycles. The van der Waals surface area contributed by atoms with E-state index < -0.39 is 5.60 Å². The Bertz CT molecular complexity index is 753. The van der Waals surface area contributed by atoms with E-state index in [1.807, 2.05) is 12.1 Å². The Hall–Kier alpha value is -1.39. The highest BCUT2D eigenvalue weighted by Gasteiger charge is 2.41. The van der Waals surface area contributed by atoms with Crippen molar-refractivity contribution in [3.8, 4) is 0 Å². The average Bonchev–Trinajstić information content (AvgIpc) is 2.73. The summed E-state index contributed by atoms with van der Waals surface area (Å²) in [6, 6.07) is 16.5. The van der Waals surface area contributed by atoms with Crippen molar-refractivity contribution in [2.24, 2.45) is 5.92 Å². The van der Waals surface area contributed by atoms with Gasteiger partial charge in [0.1, 0.15) is 0 Å². The molecule has 1 aliphatic rings. The lowest BCUT2D eigenvalue weighted by atomic mass is 9.72. The minimum absolute atomic E-state index is 0.0484. The fourth-order valence-corrected chi connectivity index (χ4v) is 4.51. The molecule has 1 heterocycles. The van der Waals surface area contributed by atoms with Gasteiger partial charge in [-0.3, -0.25) is 4.90 Å². The third-order valence-electron chi connectivity index (χ3n) is 5.97. The monoisotopic (exact) mass is 415 g/mol. The molecule has 158 valence electrons. The molecule has 0 aliphatic carbocycles. The maximum absolute atomic E-state index is 12.2. The first-order chi connectivity index (χ1) is 13.9. The molecule has 0 unspecified atom stereocenters. The highest BCUT2D eigenvalue weighted by molar-refractivity contribution is 6.30. The number of nitrogens with zero attached hydrogens (tertiary/aromatic N) is 1. The number of rotatable bonds is 8. The van der Waals surface area contributed by atoms with Crippen LogP contribution in [-0.4, -0.2) is 42.9 Å². The van der Waals surface area contributed by atoms with Gasteiger partial charge in [0.25, 0.3) is 0 Å². The summed E-state index contributed by atoms with van der Waals surface area (Å²) in [5, 5.41) is 13.0. The smallest absolute Gasteiger partial charge is 0.0979 e. The number of aryl methyl sites for hydroxylation is 1. The molecule has 0 radical (unpaired) electrons. The Balaban J connectivity index is 2.03. The summed E-state index contributed by atoms with van der Waals surface area (Å²) < 4.78 is 5.54. The topological polar surface area (TPSA) is 32.7 Å². The fourth-order valence-electron chi connectivity index (χ4n) is 4.38. The summed E-state index contributed by atoms with van der Waals surface area (Å²) in [6.07, 6.45) is 1.70. The molecular formula is C25H34ClNO2. The number of morpholine rings is 1. The predicted molar refractivity (Wildman–Crippen MR) is 121 cm³/mol. The highest BCUT2D eigenvalue weighted by Crippen LogP contribution is 2.43. The van der Waals surface area contributed by atoms with Crippen molar-refractivity contribution in [2.75, 3.05) is 32.8 Å². The van der Waals surface area contributed by atoms with E-state index in [4.69, 9.17) is 16.3 Å². The molecular weight excluding hydrogens is 382 g/mol. The molecule has 2 atom stereocenters. The summed E-state index contributed by atoms with van der Waals surface area (Å²) in [5.74, 6) is 0.318. The van der Waals surface area contributed by atoms with Gasteiger partial charge in [-0.1, -0.05) is 68.8 Å². The van der Waals surface area contributed by atoms with Crippen LogP contribution in [0.5, 0.6) is 0 Å². The quantitative estimate of drug-likeness (QED) is 0.638. The first kappa shape index (κ1) is 22.3. The van der Waals surface area contributed by atoms with Gasteiger partial charge in [0.2, 0.25) is 0 Å². The largest absolute Gasteiger partial charge is 0.384 e. The molecule has 1 saturated heterocycles. The Labute approximate surface area is 180 Å². The van der Waals surface area contributed by atoms with E-state index in [0.29, 0.717) is 12.3 Å². The van der Waals surface area contributed by atoms with E-state index in [2.05, 4.69) is 62.1 Å². The second-order valence-corrected chi connectivity index (χ2v) is 9.03. The summed E-state index contributed by atoms with van der Waals surface area (Å²) >= 11 is 6.17. The Morgan fingerprint density at radius 1 is 1.03 bits per heavy atom. The van der Waals surface area contributed by atoms with E-state index in [-0.39, 0.29) is 5.92 Å². The van der Waals surface area contributed by atoms with Crippen LogP contribution in [0, 0.1) is 5.92 Å². The lowest BCUT2D eigenvalue weighted by molar-refractivity contribution is -0.0356. The highest BCUT2D eigenvalue weighted by atomic mass is 35.5. The van der Waals surface area contributed by atoms with Gasteiger partial charge in [-0.2, -0.15) is 0 Å². The van der Waals surface area contributed by atoms with Crippen molar-refractivity contribution in [1.82, 2.24) is 4.90 Å². The second kappa shape index (κ2) is 10.1. The van der Waals surface area contributed by atoms with Crippen molar-refractivity contribution in [3.05, 3.63) is 70.2 Å². The van der Waals surface area contributed by atoms with Gasteiger partial charge in [-0.05, 0) is 47.6 Å². The van der Waals surface area contributed by atoms with E-state index >= 15 is 0 Å². The lowest BCUT2D eigenvalue weighted by Crippen LogP contribution is -2.45. The zero-order valence-electron chi connectivity index (χ0n) is 17.9. The fraction of sp³-hybridized carbons (Fsp3) is 0.520. The van der Waals surface area contributed by atoms with Crippen LogP contribution in [-0.2, 0) is 16.8 Å². The van der Waals surface area contributed by atoms with Crippen LogP contribution in [0.1, 0.15) is 49.8 Å². The van der Waals surface area contributed by atoms with E-state index in [9.17, 15) is 5.11 Å². The first-order valence-electron chi connectivity index (χ1n) is 10.8. The number of ether oxygens (including phenoxy) is 1. The van der Waals surface area contributed by atoms with Crippen LogP contribution in [0.15, 0.2) is 48.5 Å². The van der Waals surface area contributed by atoms with Crippen molar-refractivity contribution in [3.63, 3.8) is 0 Å². The molecule has 29 heavy (non-hydrogen) atoms. The summed E-state index contributed by atoms with van der Waals surface area (Å²) in [5.41, 5.74) is 2.46. The maximum atomic E-state index is 12.2. The molecule has 2 aromatic carbocycles. The van der Waals surface area contributed by atoms with Gasteiger partial charge in [-0.15, -0.1) is 0 Å². The summed E-state index contributed by atoms with van der Waals surface area (Å²) in [6.45, 7) is 10.6. The SMILES string of the molecule is CCc1ccc([C@@](O)(CC(C)C)[C@@H](CN2CCOCC2)c2ccc(Cl)cc2)cc1. The molecule has 0 bridgehead atoms. The Morgan fingerprint density at radius 3 is 2.21 bits per heavy atom. The number of halogens is 1. The standard InChI is InChI=1S/C25H34ClNO2/c1-4-20-5-9-22(10-6-20)25(28,17-19(2)3)24(18-27-13-15-29-16-14-27)21-7-11-23(26)12-8-21/h5-12,19,24,28H,4,13-18H2,1-3H3/t24-,25-/m0/s1. The van der Waals surface area contributed by atoms with Gasteiger partial charge in [-0.25, -0.2) is 0 Å². The Morgan fingerprint density at radius 2 is 1.66 bits per heavy atom. The third kappa shape index (κ3) is 5.61. The van der Waals surface area contributed by atoms with E-state index in [0.717, 1.165) is 55.4 Å². The molecule has 1 fully saturated rings. The maximum Gasteiger partial charge on any atom is 0.0979 e. The van der Waals surface area contributed by atoms with E-state index in [1.54, 1.807) is 0 Å².